The molecule has 6 heterocycles. The maximum Gasteiger partial charge on any atom is 0.255 e. The Morgan fingerprint density at radius 3 is 2.25 bits per heavy atom. The van der Waals surface area contributed by atoms with Crippen LogP contribution in [0, 0.1) is 23.0 Å². The molecule has 6 fully saturated rings. The number of benzene rings is 3. The number of halogens is 2. The molecule has 63 heavy (non-hydrogen) atoms. The molecule has 3 aromatic rings. The summed E-state index contributed by atoms with van der Waals surface area (Å²) in [5, 5.41) is 13.0. The average Bonchev–Trinajstić information content (AvgIpc) is 3.94. The van der Waals surface area contributed by atoms with Crippen LogP contribution in [-0.2, 0) is 20.9 Å². The summed E-state index contributed by atoms with van der Waals surface area (Å²) in [7, 11) is 1.56. The Balaban J connectivity index is 0.708. The van der Waals surface area contributed by atoms with E-state index >= 15 is 4.39 Å². The van der Waals surface area contributed by atoms with Crippen LogP contribution in [0.5, 0.6) is 11.5 Å². The first-order valence-electron chi connectivity index (χ1n) is 23.0. The third-order valence-electron chi connectivity index (χ3n) is 15.5. The van der Waals surface area contributed by atoms with Crippen LogP contribution in [0.1, 0.15) is 91.7 Å². The van der Waals surface area contributed by atoms with Gasteiger partial charge in [-0.25, -0.2) is 8.78 Å². The summed E-state index contributed by atoms with van der Waals surface area (Å²) in [6.07, 6.45) is 7.72. The van der Waals surface area contributed by atoms with Gasteiger partial charge in [-0.2, -0.15) is 0 Å². The second kappa shape index (κ2) is 16.7. The van der Waals surface area contributed by atoms with Gasteiger partial charge in [0.2, 0.25) is 17.7 Å². The average molecular weight is 866 g/mol. The monoisotopic (exact) mass is 865 g/mol. The number of imide groups is 1. The predicted octanol–water partition coefficient (Wildman–Crippen LogP) is 5.59. The first kappa shape index (κ1) is 41.7. The number of carbonyl (C=O) groups is 4. The van der Waals surface area contributed by atoms with Gasteiger partial charge >= 0.3 is 0 Å². The number of phenols is 1. The van der Waals surface area contributed by atoms with E-state index < -0.39 is 29.1 Å². The standard InChI is InChI=1S/C48H57F2N7O6/c1-63-41-27-40(37(50)26-35(41)44-48(15-2-3-16-48)47(62)57(44)38-6-4-5-36(49)43(38)59)55-19-13-32(14-20-55)54-23-21-52(22-24-54)28-30-11-17-53(18-12-30)33-7-8-34-31(25-33)29-56(46(34)61)39-9-10-42(58)51-45(39)60/h4-8,25-27,30,32,39,44,59H,2-3,9-24,28-29H2,1H3,(H,51,58,60)/t39-,44-/m0/s1. The number of piperidine rings is 3. The number of fused-ring (bicyclic) bond motifs is 1. The van der Waals surface area contributed by atoms with Gasteiger partial charge in [-0.1, -0.05) is 18.9 Å². The van der Waals surface area contributed by atoms with Gasteiger partial charge in [0.05, 0.1) is 29.9 Å². The van der Waals surface area contributed by atoms with E-state index in [1.807, 2.05) is 12.1 Å². The van der Waals surface area contributed by atoms with E-state index in [2.05, 4.69) is 31.0 Å². The summed E-state index contributed by atoms with van der Waals surface area (Å²) in [4.78, 5) is 63.9. The molecule has 0 unspecified atom stereocenters. The third-order valence-corrected chi connectivity index (χ3v) is 15.5. The molecule has 334 valence electrons. The predicted molar refractivity (Wildman–Crippen MR) is 233 cm³/mol. The third kappa shape index (κ3) is 7.38. The number of carbonyl (C=O) groups excluding carboxylic acids is 4. The second-order valence-electron chi connectivity index (χ2n) is 18.8. The maximum absolute atomic E-state index is 16.3. The van der Waals surface area contributed by atoms with Gasteiger partial charge in [-0.3, -0.25) is 34.3 Å². The van der Waals surface area contributed by atoms with Gasteiger partial charge in [0.15, 0.2) is 11.6 Å². The number of anilines is 3. The lowest BCUT2D eigenvalue weighted by Gasteiger charge is -2.55. The molecule has 0 aromatic heterocycles. The lowest BCUT2D eigenvalue weighted by Crippen LogP contribution is -2.62. The number of phenolic OH excluding ortho intramolecular Hbond substituents is 1. The number of nitrogens with zero attached hydrogens (tertiary/aromatic N) is 6. The smallest absolute Gasteiger partial charge is 0.255 e. The van der Waals surface area contributed by atoms with Crippen LogP contribution < -0.4 is 24.8 Å². The van der Waals surface area contributed by atoms with E-state index in [4.69, 9.17) is 4.74 Å². The summed E-state index contributed by atoms with van der Waals surface area (Å²) in [5.41, 5.74) is 3.08. The van der Waals surface area contributed by atoms with Crippen molar-refractivity contribution in [2.75, 3.05) is 80.7 Å². The van der Waals surface area contributed by atoms with E-state index in [1.165, 1.54) is 23.1 Å². The van der Waals surface area contributed by atoms with E-state index in [1.54, 1.807) is 18.1 Å². The Morgan fingerprint density at radius 1 is 0.810 bits per heavy atom. The van der Waals surface area contributed by atoms with Crippen molar-refractivity contribution in [3.05, 3.63) is 76.9 Å². The minimum Gasteiger partial charge on any atom is -0.503 e. The van der Waals surface area contributed by atoms with Gasteiger partial charge < -0.3 is 29.4 Å². The largest absolute Gasteiger partial charge is 0.503 e. The number of hydrogen-bond donors (Lipinski definition) is 2. The normalized spacial score (nSPS) is 24.9. The van der Waals surface area contributed by atoms with Crippen LogP contribution in [0.2, 0.25) is 0 Å². The van der Waals surface area contributed by atoms with E-state index in [0.29, 0.717) is 60.3 Å². The fourth-order valence-corrected chi connectivity index (χ4v) is 12.0. The van der Waals surface area contributed by atoms with Crippen LogP contribution in [0.15, 0.2) is 48.5 Å². The zero-order valence-electron chi connectivity index (χ0n) is 36.0. The Bertz CT molecular complexity index is 2300. The quantitative estimate of drug-likeness (QED) is 0.208. The van der Waals surface area contributed by atoms with Crippen molar-refractivity contribution >= 4 is 40.7 Å². The Kier molecular flexibility index (Phi) is 11.1. The van der Waals surface area contributed by atoms with Crippen LogP contribution in [0.25, 0.3) is 0 Å². The molecule has 0 bridgehead atoms. The highest BCUT2D eigenvalue weighted by molar-refractivity contribution is 6.08. The van der Waals surface area contributed by atoms with Crippen molar-refractivity contribution < 1.29 is 37.8 Å². The minimum absolute atomic E-state index is 0.0924. The van der Waals surface area contributed by atoms with Crippen LogP contribution >= 0.6 is 0 Å². The highest BCUT2D eigenvalue weighted by atomic mass is 19.1. The number of aromatic hydroxyl groups is 1. The van der Waals surface area contributed by atoms with Gasteiger partial charge in [-0.15, -0.1) is 0 Å². The molecule has 0 radical (unpaired) electrons. The molecule has 6 aliphatic heterocycles. The second-order valence-corrected chi connectivity index (χ2v) is 18.8. The number of hydrogen-bond acceptors (Lipinski definition) is 10. The highest BCUT2D eigenvalue weighted by Crippen LogP contribution is 2.62. The summed E-state index contributed by atoms with van der Waals surface area (Å²) in [5.74, 6) is -1.64. The molecule has 13 nitrogen and oxygen atoms in total. The summed E-state index contributed by atoms with van der Waals surface area (Å²) in [6, 6.07) is 12.7. The molecule has 1 aliphatic carbocycles. The Morgan fingerprint density at radius 2 is 1.54 bits per heavy atom. The summed E-state index contributed by atoms with van der Waals surface area (Å²) in [6.45, 7) is 8.94. The van der Waals surface area contributed by atoms with Crippen molar-refractivity contribution in [3.8, 4) is 11.5 Å². The van der Waals surface area contributed by atoms with Crippen LogP contribution in [-0.4, -0.2) is 122 Å². The fraction of sp³-hybridized carbons (Fsp3) is 0.542. The molecule has 10 rings (SSSR count). The lowest BCUT2D eigenvalue weighted by molar-refractivity contribution is -0.140. The van der Waals surface area contributed by atoms with Gasteiger partial charge in [0.25, 0.3) is 5.91 Å². The number of piperazine rings is 1. The van der Waals surface area contributed by atoms with Gasteiger partial charge in [0, 0.05) is 101 Å². The van der Waals surface area contributed by atoms with Crippen molar-refractivity contribution in [1.29, 1.82) is 0 Å². The molecule has 2 N–H and O–H groups in total. The summed E-state index contributed by atoms with van der Waals surface area (Å²) >= 11 is 0. The zero-order chi connectivity index (χ0) is 43.6. The number of methoxy groups -OCH3 is 1. The van der Waals surface area contributed by atoms with E-state index in [-0.39, 0.29) is 41.6 Å². The van der Waals surface area contributed by atoms with Crippen molar-refractivity contribution in [2.45, 2.75) is 88.9 Å². The molecule has 2 atom stereocenters. The molecular weight excluding hydrogens is 809 g/mol. The van der Waals surface area contributed by atoms with Crippen molar-refractivity contribution in [1.82, 2.24) is 20.0 Å². The molecule has 5 saturated heterocycles. The van der Waals surface area contributed by atoms with E-state index in [9.17, 15) is 28.7 Å². The number of nitrogens with one attached hydrogen (secondary N) is 1. The zero-order valence-corrected chi connectivity index (χ0v) is 36.0. The van der Waals surface area contributed by atoms with Crippen LogP contribution in [0.3, 0.4) is 0 Å². The topological polar surface area (TPSA) is 129 Å². The van der Waals surface area contributed by atoms with Crippen molar-refractivity contribution in [3.63, 3.8) is 0 Å². The van der Waals surface area contributed by atoms with Crippen LogP contribution in [0.4, 0.5) is 25.8 Å². The number of rotatable bonds is 9. The van der Waals surface area contributed by atoms with Crippen molar-refractivity contribution in [2.24, 2.45) is 11.3 Å². The lowest BCUT2D eigenvalue weighted by atomic mass is 9.66. The van der Waals surface area contributed by atoms with Gasteiger partial charge in [-0.05, 0) is 92.8 Å². The Labute approximate surface area is 366 Å². The first-order chi connectivity index (χ1) is 30.5. The molecule has 3 aromatic carbocycles. The first-order valence-corrected chi connectivity index (χ1v) is 23.0. The minimum atomic E-state index is -0.808. The SMILES string of the molecule is COc1cc(N2CCC(N3CCN(CC4CCN(c5ccc6c(c5)CN([C@H]5CCC(=O)NC5=O)C6=O)CC4)CC3)CC2)c(F)cc1[C@@H]1N(c2cccc(F)c2O)C(=O)C12CCCC2. The number of β-lactam (4-membered cyclic amide) rings is 1. The molecule has 1 spiro atoms. The molecule has 4 amide bonds. The number of amides is 4. The Hall–Kier alpha value is -5.28. The molecule has 1 saturated carbocycles. The fourth-order valence-electron chi connectivity index (χ4n) is 12.0. The number of para-hydroxylation sites is 1. The molecular formula is C48H57F2N7O6. The molecule has 15 heteroatoms. The highest BCUT2D eigenvalue weighted by Gasteiger charge is 2.63. The van der Waals surface area contributed by atoms with E-state index in [0.717, 1.165) is 115 Å². The molecule has 7 aliphatic rings. The maximum atomic E-state index is 16.3. The number of ether oxygens (including phenoxy) is 1. The van der Waals surface area contributed by atoms with Gasteiger partial charge in [0.1, 0.15) is 17.6 Å². The summed E-state index contributed by atoms with van der Waals surface area (Å²) < 4.78 is 36.7.